The predicted molar refractivity (Wildman–Crippen MR) is 313 cm³/mol. The Hall–Kier alpha value is -6.13. The minimum atomic E-state index is -5.26. The molecule has 0 aromatic heterocycles. The molecule has 0 bridgehead atoms. The number of anilines is 1. The Morgan fingerprint density at radius 2 is 1.39 bits per heavy atom. The van der Waals surface area contributed by atoms with Gasteiger partial charge in [0, 0.05) is 114 Å². The number of allylic oxidation sites excluding steroid dienone is 6. The molecule has 0 aliphatic carbocycles. The van der Waals surface area contributed by atoms with Gasteiger partial charge in [0.2, 0.25) is 21.6 Å². The van der Waals surface area contributed by atoms with Crippen LogP contribution in [0.15, 0.2) is 166 Å². The number of rotatable bonds is 26. The van der Waals surface area contributed by atoms with Crippen molar-refractivity contribution in [2.45, 2.75) is 91.2 Å². The molecule has 1 N–H and O–H groups in total. The molecule has 0 atom stereocenters. The molecule has 0 unspecified atom stereocenters. The van der Waals surface area contributed by atoms with Gasteiger partial charge in [-0.3, -0.25) is 9.83 Å². The monoisotopic (exact) mass is 1230 g/mol. The van der Waals surface area contributed by atoms with Gasteiger partial charge in [0.25, 0.3) is 0 Å². The van der Waals surface area contributed by atoms with E-state index in [4.69, 9.17) is 0 Å². The number of sulfonamides is 1. The van der Waals surface area contributed by atoms with Gasteiger partial charge >= 0.3 is 0 Å². The first-order valence-electron chi connectivity index (χ1n) is 26.6. The van der Waals surface area contributed by atoms with E-state index in [9.17, 15) is 57.4 Å². The number of benzene rings is 6. The van der Waals surface area contributed by atoms with Gasteiger partial charge in [0.05, 0.1) is 30.2 Å². The Kier molecular flexibility index (Phi) is 19.4. The molecule has 0 spiro atoms. The molecule has 0 saturated carbocycles. The fourth-order valence-electron chi connectivity index (χ4n) is 11.5. The number of nitrogens with one attached hydrogen (secondary N) is 1. The zero-order valence-electron chi connectivity index (χ0n) is 46.2. The second-order valence-electron chi connectivity index (χ2n) is 21.3. The largest absolute Gasteiger partial charge is 0.748 e. The molecule has 2 aliphatic rings. The molecule has 0 fully saturated rings. The van der Waals surface area contributed by atoms with Gasteiger partial charge in [-0.15, -0.1) is 0 Å². The van der Waals surface area contributed by atoms with E-state index in [1.807, 2.05) is 85.7 Å². The molecule has 8 rings (SSSR count). The molecule has 83 heavy (non-hydrogen) atoms. The first-order chi connectivity index (χ1) is 39.2. The highest BCUT2D eigenvalue weighted by molar-refractivity contribution is 7.94. The molecule has 6 aromatic rings. The van der Waals surface area contributed by atoms with Crippen LogP contribution in [0.25, 0.3) is 21.5 Å². The maximum Gasteiger partial charge on any atom is 0.243 e. The summed E-state index contributed by atoms with van der Waals surface area (Å²) in [4.78, 5) is 13.3. The molecular weight excluding hydrogens is 1160 g/mol. The van der Waals surface area contributed by atoms with Crippen molar-refractivity contribution in [2.75, 3.05) is 49.6 Å². The van der Waals surface area contributed by atoms with Crippen LogP contribution in [-0.2, 0) is 65.4 Å². The van der Waals surface area contributed by atoms with Crippen molar-refractivity contribution in [1.82, 2.24) is 9.62 Å². The Labute approximate surface area is 489 Å². The molecule has 0 radical (unpaired) electrons. The molecule has 6 aromatic carbocycles. The summed E-state index contributed by atoms with van der Waals surface area (Å²) in [6, 6.07) is 33.4. The van der Waals surface area contributed by atoms with Gasteiger partial charge in [-0.1, -0.05) is 111 Å². The highest BCUT2D eigenvalue weighted by atomic mass is 32.2. The van der Waals surface area contributed by atoms with E-state index in [2.05, 4.69) is 39.0 Å². The third-order valence-electron chi connectivity index (χ3n) is 15.2. The third-order valence-corrected chi connectivity index (χ3v) is 20.2. The summed E-state index contributed by atoms with van der Waals surface area (Å²) in [5.74, 6) is -0.425. The average Bonchev–Trinajstić information content (AvgIpc) is 1.74. The molecule has 19 nitrogen and oxygen atoms in total. The van der Waals surface area contributed by atoms with Crippen molar-refractivity contribution < 1.29 is 71.3 Å². The number of amides is 1. The van der Waals surface area contributed by atoms with Gasteiger partial charge in [0.1, 0.15) is 26.8 Å². The summed E-state index contributed by atoms with van der Waals surface area (Å²) < 4.78 is 147. The maximum absolute atomic E-state index is 14.4. The van der Waals surface area contributed by atoms with Crippen LogP contribution in [0.3, 0.4) is 0 Å². The first kappa shape index (κ1) is 62.9. The smallest absolute Gasteiger partial charge is 0.243 e. The predicted octanol–water partition coefficient (Wildman–Crippen LogP) is 7.91. The fraction of sp³-hybridized carbons (Fsp3) is 0.322. The SMILES string of the molecule is CN(CCCC(=O)NCCC(c1ccccc1)c1ccccc1)S(=O)(=O)c1cccc2c3c(ccc12)N(CCCS(=O)(=O)[O-])C(=CC=CC=CC1=[N+](CCCSOO[O-])c2ccc4c(S(=O)(=O)[O-])cc(S(=O)(=O)[O-])cc4c2C1(C)C)C3(C)C. The number of carbonyl (C=O) groups excluding carboxylic acids is 1. The quantitative estimate of drug-likeness (QED) is 0.0103. The second-order valence-corrected chi connectivity index (χ2v) is 28.3. The Balaban J connectivity index is 1.05. The van der Waals surface area contributed by atoms with Crippen LogP contribution in [0.4, 0.5) is 11.4 Å². The van der Waals surface area contributed by atoms with Crippen molar-refractivity contribution >= 4 is 97.0 Å². The zero-order chi connectivity index (χ0) is 60.1. The fourth-order valence-corrected chi connectivity index (χ4v) is 15.0. The number of hydrogen-bond acceptors (Lipinski definition) is 17. The summed E-state index contributed by atoms with van der Waals surface area (Å²) in [5.41, 5.74) is 4.22. The van der Waals surface area contributed by atoms with Crippen molar-refractivity contribution in [3.63, 3.8) is 0 Å². The number of carbonyl (C=O) groups is 1. The van der Waals surface area contributed by atoms with E-state index in [1.165, 1.54) is 17.4 Å². The normalized spacial score (nSPS) is 15.9. The first-order valence-corrected chi connectivity index (χ1v) is 33.3. The minimum absolute atomic E-state index is 0.0169. The Bertz CT molecular complexity index is 3980. The van der Waals surface area contributed by atoms with Crippen molar-refractivity contribution in [3.8, 4) is 0 Å². The van der Waals surface area contributed by atoms with Crippen LogP contribution in [0.1, 0.15) is 88.0 Å². The van der Waals surface area contributed by atoms with Gasteiger partial charge in [-0.2, -0.15) is 8.91 Å². The van der Waals surface area contributed by atoms with Crippen molar-refractivity contribution in [2.24, 2.45) is 0 Å². The highest BCUT2D eigenvalue weighted by Crippen LogP contribution is 2.52. The second kappa shape index (κ2) is 25.6. The van der Waals surface area contributed by atoms with Crippen LogP contribution in [0.2, 0.25) is 0 Å². The van der Waals surface area contributed by atoms with E-state index < -0.39 is 66.8 Å². The summed E-state index contributed by atoms with van der Waals surface area (Å²) in [5, 5.41) is 18.1. The molecule has 2 aliphatic heterocycles. The molecule has 24 heteroatoms. The summed E-state index contributed by atoms with van der Waals surface area (Å²) in [7, 11) is -17.7. The zero-order valence-corrected chi connectivity index (χ0v) is 50.3. The van der Waals surface area contributed by atoms with E-state index in [0.29, 0.717) is 76.9 Å². The van der Waals surface area contributed by atoms with E-state index in [-0.39, 0.29) is 59.8 Å². The lowest BCUT2D eigenvalue weighted by molar-refractivity contribution is -0.777. The molecular formula is C59H63N4O15S5-3. The molecule has 0 saturated heterocycles. The molecule has 1 amide bonds. The average molecular weight is 1230 g/mol. The van der Waals surface area contributed by atoms with Crippen LogP contribution < -0.4 is 15.5 Å². The summed E-state index contributed by atoms with van der Waals surface area (Å²) in [6.45, 7) is 8.48. The number of hydrogen-bond donors (Lipinski definition) is 1. The standard InChI is InChI=1S/C59H66N4O15S5/c1-58(2)53(25-13-8-14-26-54-59(3,4)57-48-39-43(82(71,72)73)40-52(83(74,75)76)46(48)29-31-50(57)62(54)35-17-37-79-78-77-65)63(36-18-38-80(66,67)68)49-30-28-45-47(56(49)58)23-15-24-51(45)81(69,70)61(5)34-16-27-55(64)60-33-32-44(41-19-9-6-10-20-41)42-21-11-7-12-22-42/h6-15,19-26,28-31,39-40,44H,16-18,27,32-38H2,1-5H3,(H4-,60,64,65,66,67,68,71,72,73,74,75,76)/p-3. The lowest BCUT2D eigenvalue weighted by Gasteiger charge is -2.27. The van der Waals surface area contributed by atoms with Gasteiger partial charge in [-0.05, 0) is 97.0 Å². The van der Waals surface area contributed by atoms with Crippen LogP contribution in [-0.4, -0.2) is 113 Å². The maximum atomic E-state index is 14.4. The van der Waals surface area contributed by atoms with Crippen LogP contribution >= 0.6 is 12.0 Å². The molecule has 442 valence electrons. The van der Waals surface area contributed by atoms with Crippen molar-refractivity contribution in [3.05, 3.63) is 174 Å². The van der Waals surface area contributed by atoms with Crippen LogP contribution in [0, 0.1) is 0 Å². The minimum Gasteiger partial charge on any atom is -0.748 e. The van der Waals surface area contributed by atoms with Gasteiger partial charge in [0.15, 0.2) is 5.71 Å². The molecule has 2 heterocycles. The number of fused-ring (bicyclic) bond motifs is 6. The lowest BCUT2D eigenvalue weighted by atomic mass is 9.79. The van der Waals surface area contributed by atoms with Gasteiger partial charge in [-0.25, -0.2) is 38.0 Å². The Morgan fingerprint density at radius 3 is 2.02 bits per heavy atom. The van der Waals surface area contributed by atoms with Gasteiger partial charge < -0.3 is 29.1 Å². The van der Waals surface area contributed by atoms with E-state index >= 15 is 0 Å². The van der Waals surface area contributed by atoms with Crippen LogP contribution in [0.5, 0.6) is 0 Å². The van der Waals surface area contributed by atoms with Crippen molar-refractivity contribution in [1.29, 1.82) is 0 Å². The summed E-state index contributed by atoms with van der Waals surface area (Å²) >= 11 is 0.778. The summed E-state index contributed by atoms with van der Waals surface area (Å²) in [6.07, 6.45) is 10.3. The lowest BCUT2D eigenvalue weighted by Crippen LogP contribution is -2.30. The number of nitrogens with zero attached hydrogens (tertiary/aromatic N) is 3. The van der Waals surface area contributed by atoms with E-state index in [0.717, 1.165) is 34.8 Å². The third kappa shape index (κ3) is 14.0. The van der Waals surface area contributed by atoms with E-state index in [1.54, 1.807) is 54.6 Å². The topological polar surface area (TPSA) is 286 Å². The highest BCUT2D eigenvalue weighted by Gasteiger charge is 2.46. The Morgan fingerprint density at radius 1 is 0.723 bits per heavy atom.